The first-order chi connectivity index (χ1) is 10.7. The molecule has 2 fully saturated rings. The summed E-state index contributed by atoms with van der Waals surface area (Å²) in [5.74, 6) is 1.24. The van der Waals surface area contributed by atoms with Crippen LogP contribution in [-0.4, -0.2) is 49.2 Å². The molecule has 0 spiro atoms. The van der Waals surface area contributed by atoms with Gasteiger partial charge in [-0.3, -0.25) is 9.69 Å². The Morgan fingerprint density at radius 2 is 1.61 bits per heavy atom. The summed E-state index contributed by atoms with van der Waals surface area (Å²) in [7, 11) is 0. The molecule has 1 N–H and O–H groups in total. The molecule has 1 saturated carbocycles. The summed E-state index contributed by atoms with van der Waals surface area (Å²) >= 11 is 0. The third-order valence-electron chi connectivity index (χ3n) is 5.89. The Morgan fingerprint density at radius 1 is 1.04 bits per heavy atom. The molecule has 2 rings (SSSR count). The van der Waals surface area contributed by atoms with Crippen molar-refractivity contribution in [1.29, 1.82) is 0 Å². The first-order valence-electron chi connectivity index (χ1n) is 9.30. The number of nitrogens with one attached hydrogen (secondary N) is 1. The minimum Gasteiger partial charge on any atom is -0.379 e. The van der Waals surface area contributed by atoms with Crippen LogP contribution in [0.15, 0.2) is 0 Å². The molecule has 4 heteroatoms. The van der Waals surface area contributed by atoms with Crippen LogP contribution in [0.25, 0.3) is 0 Å². The first-order valence-corrected chi connectivity index (χ1v) is 9.30. The number of hydrogen-bond donors (Lipinski definition) is 1. The maximum Gasteiger partial charge on any atom is 0.223 e. The minimum atomic E-state index is 0.00204. The monoisotopic (exact) mass is 324 g/mol. The highest BCUT2D eigenvalue weighted by molar-refractivity contribution is 5.78. The van der Waals surface area contributed by atoms with Crippen molar-refractivity contribution in [3.05, 3.63) is 0 Å². The van der Waals surface area contributed by atoms with Gasteiger partial charge in [-0.15, -0.1) is 0 Å². The van der Waals surface area contributed by atoms with E-state index in [1.165, 1.54) is 12.8 Å². The van der Waals surface area contributed by atoms with Gasteiger partial charge in [-0.25, -0.2) is 0 Å². The molecule has 0 unspecified atom stereocenters. The van der Waals surface area contributed by atoms with Gasteiger partial charge in [-0.05, 0) is 50.9 Å². The molecule has 2 aliphatic rings. The van der Waals surface area contributed by atoms with Crippen LogP contribution in [-0.2, 0) is 9.53 Å². The zero-order chi connectivity index (χ0) is 17.1. The number of rotatable bonds is 4. The van der Waals surface area contributed by atoms with Gasteiger partial charge in [0, 0.05) is 31.1 Å². The Balaban J connectivity index is 1.77. The van der Waals surface area contributed by atoms with Crippen LogP contribution in [0.1, 0.15) is 60.3 Å². The molecular weight excluding hydrogens is 288 g/mol. The van der Waals surface area contributed by atoms with Gasteiger partial charge in [-0.1, -0.05) is 20.8 Å². The molecule has 1 heterocycles. The summed E-state index contributed by atoms with van der Waals surface area (Å²) in [6.45, 7) is 15.6. The Hall–Kier alpha value is -0.610. The van der Waals surface area contributed by atoms with Crippen molar-refractivity contribution in [2.75, 3.05) is 32.8 Å². The average Bonchev–Trinajstić information content (AvgIpc) is 2.53. The normalized spacial score (nSPS) is 27.7. The van der Waals surface area contributed by atoms with Crippen molar-refractivity contribution in [3.8, 4) is 0 Å². The molecule has 0 radical (unpaired) electrons. The van der Waals surface area contributed by atoms with E-state index in [4.69, 9.17) is 4.74 Å². The highest BCUT2D eigenvalue weighted by Crippen LogP contribution is 2.39. The van der Waals surface area contributed by atoms with Crippen LogP contribution in [0.3, 0.4) is 0 Å². The van der Waals surface area contributed by atoms with E-state index in [1.54, 1.807) is 0 Å². The zero-order valence-electron chi connectivity index (χ0n) is 15.8. The molecule has 4 nitrogen and oxygen atoms in total. The zero-order valence-corrected chi connectivity index (χ0v) is 15.8. The number of carbonyl (C=O) groups is 1. The fourth-order valence-electron chi connectivity index (χ4n) is 3.95. The first kappa shape index (κ1) is 18.7. The average molecular weight is 325 g/mol. The SMILES string of the molecule is CC(C)(C)C1CCC(C(=O)NCC(C)(C)N2CCOCC2)CC1. The predicted octanol–water partition coefficient (Wildman–Crippen LogP) is 3.07. The molecule has 0 aromatic heterocycles. The Morgan fingerprint density at radius 3 is 2.13 bits per heavy atom. The smallest absolute Gasteiger partial charge is 0.223 e. The van der Waals surface area contributed by atoms with E-state index in [-0.39, 0.29) is 17.4 Å². The number of nitrogens with zero attached hydrogens (tertiary/aromatic N) is 1. The minimum absolute atomic E-state index is 0.00204. The molecule has 1 amide bonds. The van der Waals surface area contributed by atoms with Crippen LogP contribution in [0.5, 0.6) is 0 Å². The van der Waals surface area contributed by atoms with Crippen LogP contribution < -0.4 is 5.32 Å². The second-order valence-corrected chi connectivity index (χ2v) is 9.04. The van der Waals surface area contributed by atoms with E-state index in [2.05, 4.69) is 44.8 Å². The summed E-state index contributed by atoms with van der Waals surface area (Å²) in [6.07, 6.45) is 4.47. The fraction of sp³-hybridized carbons (Fsp3) is 0.947. The Kier molecular flexibility index (Phi) is 6.12. The van der Waals surface area contributed by atoms with Crippen LogP contribution >= 0.6 is 0 Å². The van der Waals surface area contributed by atoms with Crippen molar-refractivity contribution in [1.82, 2.24) is 10.2 Å². The standard InChI is InChI=1S/C19H36N2O2/c1-18(2,3)16-8-6-15(7-9-16)17(22)20-14-19(4,5)21-10-12-23-13-11-21/h15-16H,6-14H2,1-5H3,(H,20,22). The number of amides is 1. The van der Waals surface area contributed by atoms with E-state index in [0.29, 0.717) is 5.41 Å². The molecular formula is C19H36N2O2. The van der Waals surface area contributed by atoms with Gasteiger partial charge in [-0.2, -0.15) is 0 Å². The van der Waals surface area contributed by atoms with Gasteiger partial charge >= 0.3 is 0 Å². The van der Waals surface area contributed by atoms with Gasteiger partial charge in [0.05, 0.1) is 13.2 Å². The summed E-state index contributed by atoms with van der Waals surface area (Å²) in [5.41, 5.74) is 0.377. The van der Waals surface area contributed by atoms with Gasteiger partial charge in [0.25, 0.3) is 0 Å². The quantitative estimate of drug-likeness (QED) is 0.864. The Bertz CT molecular complexity index is 387. The molecule has 0 bridgehead atoms. The highest BCUT2D eigenvalue weighted by Gasteiger charge is 2.34. The van der Waals surface area contributed by atoms with Crippen LogP contribution in [0.2, 0.25) is 0 Å². The molecule has 0 atom stereocenters. The molecule has 1 saturated heterocycles. The molecule has 1 aliphatic heterocycles. The van der Waals surface area contributed by atoms with Gasteiger partial charge in [0.15, 0.2) is 0 Å². The molecule has 1 aliphatic carbocycles. The number of hydrogen-bond acceptors (Lipinski definition) is 3. The lowest BCUT2D eigenvalue weighted by Crippen LogP contribution is -2.56. The summed E-state index contributed by atoms with van der Waals surface area (Å²) in [4.78, 5) is 15.0. The topological polar surface area (TPSA) is 41.6 Å². The van der Waals surface area contributed by atoms with E-state index < -0.39 is 0 Å². The van der Waals surface area contributed by atoms with E-state index in [0.717, 1.165) is 51.6 Å². The maximum absolute atomic E-state index is 12.5. The molecule has 0 aromatic carbocycles. The third-order valence-corrected chi connectivity index (χ3v) is 5.89. The van der Waals surface area contributed by atoms with E-state index in [1.807, 2.05) is 0 Å². The maximum atomic E-state index is 12.5. The lowest BCUT2D eigenvalue weighted by molar-refractivity contribution is -0.127. The summed E-state index contributed by atoms with van der Waals surface area (Å²) < 4.78 is 5.42. The summed E-state index contributed by atoms with van der Waals surface area (Å²) in [6, 6.07) is 0. The Labute approximate surface area is 142 Å². The van der Waals surface area contributed by atoms with Gasteiger partial charge < -0.3 is 10.1 Å². The largest absolute Gasteiger partial charge is 0.379 e. The third kappa shape index (κ3) is 5.18. The van der Waals surface area contributed by atoms with Crippen molar-refractivity contribution in [2.45, 2.75) is 65.8 Å². The lowest BCUT2D eigenvalue weighted by Gasteiger charge is -2.41. The number of carbonyl (C=O) groups excluding carboxylic acids is 1. The molecule has 134 valence electrons. The van der Waals surface area contributed by atoms with Crippen molar-refractivity contribution >= 4 is 5.91 Å². The fourth-order valence-corrected chi connectivity index (χ4v) is 3.95. The van der Waals surface area contributed by atoms with E-state index in [9.17, 15) is 4.79 Å². The van der Waals surface area contributed by atoms with E-state index >= 15 is 0 Å². The van der Waals surface area contributed by atoms with Crippen molar-refractivity contribution < 1.29 is 9.53 Å². The highest BCUT2D eigenvalue weighted by atomic mass is 16.5. The lowest BCUT2D eigenvalue weighted by atomic mass is 9.69. The number of ether oxygens (including phenoxy) is 1. The summed E-state index contributed by atoms with van der Waals surface area (Å²) in [5, 5.41) is 3.22. The van der Waals surface area contributed by atoms with Crippen LogP contribution in [0, 0.1) is 17.3 Å². The van der Waals surface area contributed by atoms with Crippen LogP contribution in [0.4, 0.5) is 0 Å². The second kappa shape index (κ2) is 7.52. The van der Waals surface area contributed by atoms with Gasteiger partial charge in [0.2, 0.25) is 5.91 Å². The number of morpholine rings is 1. The van der Waals surface area contributed by atoms with Gasteiger partial charge in [0.1, 0.15) is 0 Å². The second-order valence-electron chi connectivity index (χ2n) is 9.04. The predicted molar refractivity (Wildman–Crippen MR) is 94.4 cm³/mol. The molecule has 23 heavy (non-hydrogen) atoms. The van der Waals surface area contributed by atoms with Crippen molar-refractivity contribution in [2.24, 2.45) is 17.3 Å². The van der Waals surface area contributed by atoms with Crippen molar-refractivity contribution in [3.63, 3.8) is 0 Å². The molecule has 0 aromatic rings.